The predicted molar refractivity (Wildman–Crippen MR) is 76.9 cm³/mol. The Morgan fingerprint density at radius 1 is 1.22 bits per heavy atom. The third-order valence-electron chi connectivity index (χ3n) is 2.27. The molecule has 1 aromatic carbocycles. The number of halogens is 1. The molecule has 0 radical (unpaired) electrons. The summed E-state index contributed by atoms with van der Waals surface area (Å²) in [5.74, 6) is 0. The van der Waals surface area contributed by atoms with Gasteiger partial charge in [0.05, 0.1) is 9.47 Å². The lowest BCUT2D eigenvalue weighted by Crippen LogP contribution is -2.23. The van der Waals surface area contributed by atoms with Gasteiger partial charge in [-0.25, -0.2) is 13.1 Å². The molecule has 4 nitrogen and oxygen atoms in total. The van der Waals surface area contributed by atoms with E-state index in [0.29, 0.717) is 0 Å². The van der Waals surface area contributed by atoms with Crippen molar-refractivity contribution < 1.29 is 8.42 Å². The Bertz CT molecular complexity index is 653. The second-order valence-electron chi connectivity index (χ2n) is 3.57. The highest BCUT2D eigenvalue weighted by atomic mass is 79.9. The molecule has 0 aliphatic heterocycles. The highest BCUT2D eigenvalue weighted by Gasteiger charge is 2.16. The molecule has 96 valence electrons. The molecule has 0 aliphatic carbocycles. The lowest BCUT2D eigenvalue weighted by atomic mass is 10.3. The lowest BCUT2D eigenvalue weighted by molar-refractivity contribution is 0.582. The van der Waals surface area contributed by atoms with Gasteiger partial charge in [0.2, 0.25) is 10.0 Å². The predicted octanol–water partition coefficient (Wildman–Crippen LogP) is 2.57. The molecular formula is C11H11BrN2O2S2. The minimum absolute atomic E-state index is 0.112. The van der Waals surface area contributed by atoms with Crippen LogP contribution < -0.4 is 10.5 Å². The topological polar surface area (TPSA) is 72.2 Å². The molecule has 0 saturated heterocycles. The summed E-state index contributed by atoms with van der Waals surface area (Å²) in [4.78, 5) is 1.04. The van der Waals surface area contributed by atoms with Crippen LogP contribution in [0.15, 0.2) is 45.1 Å². The van der Waals surface area contributed by atoms with Crippen LogP contribution in [0, 0.1) is 0 Å². The van der Waals surface area contributed by atoms with Gasteiger partial charge in [0, 0.05) is 11.4 Å². The molecule has 2 aromatic rings. The summed E-state index contributed by atoms with van der Waals surface area (Å²) in [5.41, 5.74) is 5.90. The molecule has 3 N–H and O–H groups in total. The third-order valence-corrected chi connectivity index (χ3v) is 5.37. The number of hydrogen-bond donors (Lipinski definition) is 2. The van der Waals surface area contributed by atoms with Crippen LogP contribution in [0.25, 0.3) is 0 Å². The molecule has 0 atom stereocenters. The first kappa shape index (κ1) is 13.5. The minimum atomic E-state index is -3.56. The molecule has 0 bridgehead atoms. The molecule has 2 rings (SSSR count). The molecule has 0 fully saturated rings. The largest absolute Gasteiger partial charge is 0.398 e. The van der Waals surface area contributed by atoms with Gasteiger partial charge in [0.1, 0.15) is 4.90 Å². The number of hydrogen-bond acceptors (Lipinski definition) is 4. The van der Waals surface area contributed by atoms with Crippen molar-refractivity contribution >= 4 is 43.0 Å². The maximum Gasteiger partial charge on any atom is 0.242 e. The van der Waals surface area contributed by atoms with Gasteiger partial charge in [-0.15, -0.1) is 11.3 Å². The van der Waals surface area contributed by atoms with E-state index >= 15 is 0 Å². The molecule has 1 heterocycles. The number of rotatable bonds is 4. The summed E-state index contributed by atoms with van der Waals surface area (Å²) in [6, 6.07) is 10.1. The van der Waals surface area contributed by atoms with E-state index in [4.69, 9.17) is 5.73 Å². The molecule has 1 aromatic heterocycles. The van der Waals surface area contributed by atoms with Gasteiger partial charge in [-0.2, -0.15) is 0 Å². The van der Waals surface area contributed by atoms with E-state index in [-0.39, 0.29) is 17.1 Å². The van der Waals surface area contributed by atoms with E-state index in [2.05, 4.69) is 20.7 Å². The first-order valence-corrected chi connectivity index (χ1v) is 8.17. The Hall–Kier alpha value is -0.890. The summed E-state index contributed by atoms with van der Waals surface area (Å²) in [6.45, 7) is 0.257. The molecule has 0 amide bonds. The van der Waals surface area contributed by atoms with E-state index in [1.807, 2.05) is 12.1 Å². The Morgan fingerprint density at radius 3 is 2.56 bits per heavy atom. The van der Waals surface area contributed by atoms with Gasteiger partial charge in [0.15, 0.2) is 0 Å². The van der Waals surface area contributed by atoms with Crippen molar-refractivity contribution in [3.8, 4) is 0 Å². The second-order valence-corrected chi connectivity index (χ2v) is 7.85. The minimum Gasteiger partial charge on any atom is -0.398 e. The molecule has 0 aliphatic rings. The summed E-state index contributed by atoms with van der Waals surface area (Å²) in [5, 5.41) is 0. The Morgan fingerprint density at radius 2 is 1.94 bits per heavy atom. The van der Waals surface area contributed by atoms with E-state index in [1.165, 1.54) is 17.4 Å². The first-order chi connectivity index (χ1) is 8.49. The van der Waals surface area contributed by atoms with Crippen LogP contribution in [0.1, 0.15) is 4.88 Å². The van der Waals surface area contributed by atoms with E-state index < -0.39 is 10.0 Å². The van der Waals surface area contributed by atoms with Crippen molar-refractivity contribution in [2.45, 2.75) is 11.4 Å². The van der Waals surface area contributed by atoms with E-state index in [1.54, 1.807) is 18.2 Å². The number of nitrogens with one attached hydrogen (secondary N) is 1. The maximum atomic E-state index is 12.0. The van der Waals surface area contributed by atoms with Gasteiger partial charge in [-0.3, -0.25) is 0 Å². The van der Waals surface area contributed by atoms with Gasteiger partial charge in [-0.05, 0) is 40.2 Å². The van der Waals surface area contributed by atoms with Crippen molar-refractivity contribution in [3.05, 3.63) is 45.1 Å². The maximum absolute atomic E-state index is 12.0. The zero-order chi connectivity index (χ0) is 13.2. The van der Waals surface area contributed by atoms with Gasteiger partial charge in [-0.1, -0.05) is 12.1 Å². The number of anilines is 1. The molecule has 0 saturated carbocycles. The smallest absolute Gasteiger partial charge is 0.242 e. The monoisotopic (exact) mass is 346 g/mol. The van der Waals surface area contributed by atoms with E-state index in [0.717, 1.165) is 8.66 Å². The third kappa shape index (κ3) is 3.11. The van der Waals surface area contributed by atoms with Gasteiger partial charge >= 0.3 is 0 Å². The number of thiophene rings is 1. The number of para-hydroxylation sites is 1. The second kappa shape index (κ2) is 5.40. The fourth-order valence-electron chi connectivity index (χ4n) is 1.42. The Balaban J connectivity index is 2.16. The number of nitrogen functional groups attached to an aromatic ring is 1. The SMILES string of the molecule is Nc1ccccc1S(=O)(=O)NCc1ccc(Br)s1. The lowest BCUT2D eigenvalue weighted by Gasteiger charge is -2.07. The van der Waals surface area contributed by atoms with E-state index in [9.17, 15) is 8.42 Å². The van der Waals surface area contributed by atoms with Crippen molar-refractivity contribution in [1.29, 1.82) is 0 Å². The zero-order valence-corrected chi connectivity index (χ0v) is 12.5. The molecule has 18 heavy (non-hydrogen) atoms. The number of benzene rings is 1. The van der Waals surface area contributed by atoms with Crippen molar-refractivity contribution in [1.82, 2.24) is 4.72 Å². The van der Waals surface area contributed by atoms with Crippen molar-refractivity contribution in [3.63, 3.8) is 0 Å². The average Bonchev–Trinajstić information content (AvgIpc) is 2.73. The standard InChI is InChI=1S/C11H11BrN2O2S2/c12-11-6-5-8(17-11)7-14-18(15,16)10-4-2-1-3-9(10)13/h1-6,14H,7,13H2. The van der Waals surface area contributed by atoms with Crippen LogP contribution in [-0.4, -0.2) is 8.42 Å². The van der Waals surface area contributed by atoms with Crippen LogP contribution in [0.5, 0.6) is 0 Å². The number of nitrogens with two attached hydrogens (primary N) is 1. The van der Waals surface area contributed by atoms with Crippen molar-refractivity contribution in [2.24, 2.45) is 0 Å². The fraction of sp³-hybridized carbons (Fsp3) is 0.0909. The molecular weight excluding hydrogens is 336 g/mol. The quantitative estimate of drug-likeness (QED) is 0.835. The highest BCUT2D eigenvalue weighted by molar-refractivity contribution is 9.11. The normalized spacial score (nSPS) is 11.6. The van der Waals surface area contributed by atoms with Crippen LogP contribution in [0.4, 0.5) is 5.69 Å². The first-order valence-electron chi connectivity index (χ1n) is 5.07. The van der Waals surface area contributed by atoms with Crippen LogP contribution in [0.3, 0.4) is 0 Å². The fourth-order valence-corrected chi connectivity index (χ4v) is 4.07. The summed E-state index contributed by atoms with van der Waals surface area (Å²) >= 11 is 4.82. The molecule has 0 spiro atoms. The number of sulfonamides is 1. The Kier molecular flexibility index (Phi) is 4.06. The summed E-state index contributed by atoms with van der Waals surface area (Å²) in [6.07, 6.45) is 0. The molecule has 7 heteroatoms. The average molecular weight is 347 g/mol. The Labute approximate surface area is 118 Å². The van der Waals surface area contributed by atoms with Gasteiger partial charge < -0.3 is 5.73 Å². The zero-order valence-electron chi connectivity index (χ0n) is 9.26. The van der Waals surface area contributed by atoms with Crippen LogP contribution in [-0.2, 0) is 16.6 Å². The van der Waals surface area contributed by atoms with Crippen molar-refractivity contribution in [2.75, 3.05) is 5.73 Å². The molecule has 0 unspecified atom stereocenters. The summed E-state index contributed by atoms with van der Waals surface area (Å²) < 4.78 is 27.6. The van der Waals surface area contributed by atoms with Crippen LogP contribution in [0.2, 0.25) is 0 Å². The highest BCUT2D eigenvalue weighted by Crippen LogP contribution is 2.23. The van der Waals surface area contributed by atoms with Crippen LogP contribution >= 0.6 is 27.3 Å². The van der Waals surface area contributed by atoms with Gasteiger partial charge in [0.25, 0.3) is 0 Å². The summed E-state index contributed by atoms with van der Waals surface area (Å²) in [7, 11) is -3.56.